The number of benzene rings is 1. The fourth-order valence-electron chi connectivity index (χ4n) is 1.72. The van der Waals surface area contributed by atoms with Gasteiger partial charge in [-0.25, -0.2) is 9.97 Å². The molecule has 0 saturated carbocycles. The lowest BCUT2D eigenvalue weighted by Gasteiger charge is -2.05. The highest BCUT2D eigenvalue weighted by Gasteiger charge is 2.10. The number of hydrogen-bond acceptors (Lipinski definition) is 4. The highest BCUT2D eigenvalue weighted by Crippen LogP contribution is 2.19. The van der Waals surface area contributed by atoms with Gasteiger partial charge in [-0.2, -0.15) is 5.10 Å². The summed E-state index contributed by atoms with van der Waals surface area (Å²) in [6.45, 7) is 0. The van der Waals surface area contributed by atoms with Gasteiger partial charge in [-0.05, 0) is 24.4 Å². The molecule has 3 aromatic rings. The molecule has 1 N–H and O–H groups in total. The van der Waals surface area contributed by atoms with E-state index < -0.39 is 0 Å². The van der Waals surface area contributed by atoms with E-state index in [2.05, 4.69) is 20.2 Å². The fraction of sp³-hybridized carbons (Fsp3) is 0. The van der Waals surface area contributed by atoms with Gasteiger partial charge in [0.1, 0.15) is 6.33 Å². The van der Waals surface area contributed by atoms with Crippen molar-refractivity contribution in [3.05, 3.63) is 53.8 Å². The van der Waals surface area contributed by atoms with E-state index in [0.29, 0.717) is 10.6 Å². The van der Waals surface area contributed by atoms with Crippen LogP contribution in [0.3, 0.4) is 0 Å². The number of aromatic amines is 1. The van der Waals surface area contributed by atoms with Crippen LogP contribution in [0, 0.1) is 4.77 Å². The van der Waals surface area contributed by atoms with Crippen LogP contribution >= 0.6 is 12.2 Å². The predicted octanol–water partition coefficient (Wildman–Crippen LogP) is 2.39. The monoisotopic (exact) mass is 255 g/mol. The largest absolute Gasteiger partial charge is 0.268 e. The van der Waals surface area contributed by atoms with Crippen molar-refractivity contribution >= 4 is 12.2 Å². The number of para-hydroxylation sites is 1. The van der Waals surface area contributed by atoms with Gasteiger partial charge in [0.25, 0.3) is 0 Å². The molecule has 3 rings (SSSR count). The van der Waals surface area contributed by atoms with Crippen molar-refractivity contribution in [1.29, 1.82) is 0 Å². The van der Waals surface area contributed by atoms with Crippen LogP contribution in [-0.2, 0) is 0 Å². The average molecular weight is 255 g/mol. The zero-order valence-electron chi connectivity index (χ0n) is 9.32. The van der Waals surface area contributed by atoms with E-state index in [-0.39, 0.29) is 0 Å². The van der Waals surface area contributed by atoms with Crippen molar-refractivity contribution in [1.82, 2.24) is 24.7 Å². The standard InChI is InChI=1S/C12H9N5S/c18-12-16-15-11(9-6-13-8-14-7-9)17(12)10-4-2-1-3-5-10/h1-8H,(H,16,18). The summed E-state index contributed by atoms with van der Waals surface area (Å²) in [6.07, 6.45) is 4.90. The van der Waals surface area contributed by atoms with Crippen LogP contribution < -0.4 is 0 Å². The Bertz CT molecular complexity index is 702. The molecule has 0 aliphatic rings. The number of hydrogen-bond donors (Lipinski definition) is 1. The normalized spacial score (nSPS) is 10.4. The molecule has 2 heterocycles. The van der Waals surface area contributed by atoms with E-state index in [1.165, 1.54) is 6.33 Å². The van der Waals surface area contributed by atoms with Gasteiger partial charge in [0.05, 0.1) is 5.56 Å². The molecule has 18 heavy (non-hydrogen) atoms. The molecule has 0 bridgehead atoms. The van der Waals surface area contributed by atoms with Crippen LogP contribution in [0.1, 0.15) is 0 Å². The highest BCUT2D eigenvalue weighted by molar-refractivity contribution is 7.71. The average Bonchev–Trinajstić information content (AvgIpc) is 2.83. The second kappa shape index (κ2) is 4.50. The minimum absolute atomic E-state index is 0.542. The molecule has 5 nitrogen and oxygen atoms in total. The molecule has 1 aromatic carbocycles. The third kappa shape index (κ3) is 1.82. The molecule has 0 fully saturated rings. The summed E-state index contributed by atoms with van der Waals surface area (Å²) in [5.74, 6) is 0.701. The molecule has 6 heteroatoms. The Kier molecular flexibility index (Phi) is 2.70. The number of nitrogens with one attached hydrogen (secondary N) is 1. The first kappa shape index (κ1) is 10.8. The van der Waals surface area contributed by atoms with Crippen molar-refractivity contribution in [2.24, 2.45) is 0 Å². The summed E-state index contributed by atoms with van der Waals surface area (Å²) < 4.78 is 2.40. The number of rotatable bonds is 2. The van der Waals surface area contributed by atoms with E-state index in [0.717, 1.165) is 11.3 Å². The second-order valence-corrected chi connectivity index (χ2v) is 4.04. The van der Waals surface area contributed by atoms with Crippen LogP contribution in [-0.4, -0.2) is 24.7 Å². The quantitative estimate of drug-likeness (QED) is 0.714. The Morgan fingerprint density at radius 2 is 1.78 bits per heavy atom. The van der Waals surface area contributed by atoms with Gasteiger partial charge < -0.3 is 0 Å². The molecule has 88 valence electrons. The molecule has 0 spiro atoms. The molecular formula is C12H9N5S. The molecule has 0 radical (unpaired) electrons. The zero-order chi connectivity index (χ0) is 12.4. The molecular weight excluding hydrogens is 246 g/mol. The van der Waals surface area contributed by atoms with Crippen molar-refractivity contribution in [2.45, 2.75) is 0 Å². The van der Waals surface area contributed by atoms with Crippen LogP contribution in [0.15, 0.2) is 49.1 Å². The topological polar surface area (TPSA) is 59.4 Å². The van der Waals surface area contributed by atoms with Gasteiger partial charge in [0.2, 0.25) is 0 Å². The maximum Gasteiger partial charge on any atom is 0.200 e. The number of aromatic nitrogens is 5. The third-order valence-electron chi connectivity index (χ3n) is 2.51. The Balaban J connectivity index is 2.23. The first-order chi connectivity index (χ1) is 8.86. The summed E-state index contributed by atoms with van der Waals surface area (Å²) in [5, 5.41) is 7.02. The Morgan fingerprint density at radius 3 is 2.50 bits per heavy atom. The second-order valence-electron chi connectivity index (χ2n) is 3.65. The summed E-state index contributed by atoms with van der Waals surface area (Å²) in [7, 11) is 0. The number of nitrogens with zero attached hydrogens (tertiary/aromatic N) is 4. The SMILES string of the molecule is S=c1[nH]nc(-c2cncnc2)n1-c1ccccc1. The van der Waals surface area contributed by atoms with Gasteiger partial charge in [-0.3, -0.25) is 9.67 Å². The van der Waals surface area contributed by atoms with Gasteiger partial charge in [0, 0.05) is 18.1 Å². The number of H-pyrrole nitrogens is 1. The summed E-state index contributed by atoms with van der Waals surface area (Å²) in [4.78, 5) is 7.99. The van der Waals surface area contributed by atoms with E-state index >= 15 is 0 Å². The summed E-state index contributed by atoms with van der Waals surface area (Å²) >= 11 is 5.26. The Labute approximate surface area is 108 Å². The molecule has 0 aliphatic carbocycles. The summed E-state index contributed by atoms with van der Waals surface area (Å²) in [5.41, 5.74) is 1.77. The molecule has 0 atom stereocenters. The van der Waals surface area contributed by atoms with Gasteiger partial charge in [-0.1, -0.05) is 18.2 Å². The van der Waals surface area contributed by atoms with Gasteiger partial charge >= 0.3 is 0 Å². The van der Waals surface area contributed by atoms with Crippen LogP contribution in [0.4, 0.5) is 0 Å². The maximum atomic E-state index is 5.26. The third-order valence-corrected chi connectivity index (χ3v) is 2.78. The van der Waals surface area contributed by atoms with E-state index in [9.17, 15) is 0 Å². The molecule has 0 amide bonds. The molecule has 0 unspecified atom stereocenters. The molecule has 0 saturated heterocycles. The van der Waals surface area contributed by atoms with E-state index in [1.807, 2.05) is 34.9 Å². The minimum atomic E-state index is 0.542. The van der Waals surface area contributed by atoms with Gasteiger partial charge in [-0.15, -0.1) is 0 Å². The zero-order valence-corrected chi connectivity index (χ0v) is 10.1. The smallest absolute Gasteiger partial charge is 0.200 e. The highest BCUT2D eigenvalue weighted by atomic mass is 32.1. The predicted molar refractivity (Wildman–Crippen MR) is 69.8 cm³/mol. The van der Waals surface area contributed by atoms with Crippen LogP contribution in [0.2, 0.25) is 0 Å². The van der Waals surface area contributed by atoms with Crippen LogP contribution in [0.25, 0.3) is 17.1 Å². The Morgan fingerprint density at radius 1 is 1.06 bits per heavy atom. The van der Waals surface area contributed by atoms with Gasteiger partial charge in [0.15, 0.2) is 10.6 Å². The fourth-order valence-corrected chi connectivity index (χ4v) is 1.96. The van der Waals surface area contributed by atoms with Crippen molar-refractivity contribution < 1.29 is 0 Å². The maximum absolute atomic E-state index is 5.26. The minimum Gasteiger partial charge on any atom is -0.268 e. The molecule has 2 aromatic heterocycles. The lowest BCUT2D eigenvalue weighted by Crippen LogP contribution is -1.97. The lowest BCUT2D eigenvalue weighted by atomic mass is 10.3. The summed E-state index contributed by atoms with van der Waals surface area (Å²) in [6, 6.07) is 9.81. The van der Waals surface area contributed by atoms with Crippen molar-refractivity contribution in [2.75, 3.05) is 0 Å². The first-order valence-corrected chi connectivity index (χ1v) is 5.75. The van der Waals surface area contributed by atoms with Crippen molar-refractivity contribution in [3.8, 4) is 17.1 Å². The van der Waals surface area contributed by atoms with Crippen LogP contribution in [0.5, 0.6) is 0 Å². The van der Waals surface area contributed by atoms with E-state index in [1.54, 1.807) is 12.4 Å². The first-order valence-electron chi connectivity index (χ1n) is 5.34. The Hall–Kier alpha value is -2.34. The van der Waals surface area contributed by atoms with E-state index in [4.69, 9.17) is 12.2 Å². The van der Waals surface area contributed by atoms with Crippen molar-refractivity contribution in [3.63, 3.8) is 0 Å². The molecule has 0 aliphatic heterocycles. The lowest BCUT2D eigenvalue weighted by molar-refractivity contribution is 1.03.